The SMILES string of the molecule is CCOC(=O)C1=C(C)NC2=C(C(=O)CCC2)C1c1ccc(N(C)C)cc1.Cl. The van der Waals surface area contributed by atoms with Crippen molar-refractivity contribution in [2.45, 2.75) is 39.0 Å². The fraction of sp³-hybridized carbons (Fsp3) is 0.429. The summed E-state index contributed by atoms with van der Waals surface area (Å²) < 4.78 is 5.30. The Labute approximate surface area is 166 Å². The lowest BCUT2D eigenvalue weighted by Gasteiger charge is -2.34. The summed E-state index contributed by atoms with van der Waals surface area (Å²) >= 11 is 0. The molecule has 3 rings (SSSR count). The largest absolute Gasteiger partial charge is 0.463 e. The van der Waals surface area contributed by atoms with E-state index in [2.05, 4.69) is 5.32 Å². The smallest absolute Gasteiger partial charge is 0.336 e. The third kappa shape index (κ3) is 4.03. The third-order valence-corrected chi connectivity index (χ3v) is 5.01. The fourth-order valence-corrected chi connectivity index (χ4v) is 3.76. The van der Waals surface area contributed by atoms with Gasteiger partial charge in [-0.3, -0.25) is 4.79 Å². The summed E-state index contributed by atoms with van der Waals surface area (Å²) in [6.07, 6.45) is 2.21. The van der Waals surface area contributed by atoms with Gasteiger partial charge in [-0.05, 0) is 44.4 Å². The Kier molecular flexibility index (Phi) is 6.71. The van der Waals surface area contributed by atoms with Gasteiger partial charge in [0.15, 0.2) is 5.78 Å². The Morgan fingerprint density at radius 2 is 1.89 bits per heavy atom. The van der Waals surface area contributed by atoms with E-state index in [0.717, 1.165) is 41.1 Å². The number of hydrogen-bond acceptors (Lipinski definition) is 5. The number of hydrogen-bond donors (Lipinski definition) is 1. The van der Waals surface area contributed by atoms with Crippen LogP contribution in [0.15, 0.2) is 46.8 Å². The molecule has 0 saturated heterocycles. The Balaban J connectivity index is 0.00000261. The number of anilines is 1. The van der Waals surface area contributed by atoms with E-state index in [0.29, 0.717) is 18.6 Å². The van der Waals surface area contributed by atoms with Crippen LogP contribution < -0.4 is 10.2 Å². The first-order valence-corrected chi connectivity index (χ1v) is 9.12. The highest BCUT2D eigenvalue weighted by molar-refractivity contribution is 6.03. The molecule has 0 bridgehead atoms. The summed E-state index contributed by atoms with van der Waals surface area (Å²) in [7, 11) is 3.97. The van der Waals surface area contributed by atoms with Crippen LogP contribution in [0.3, 0.4) is 0 Å². The first kappa shape index (κ1) is 21.0. The van der Waals surface area contributed by atoms with Gasteiger partial charge < -0.3 is 15.0 Å². The summed E-state index contributed by atoms with van der Waals surface area (Å²) in [5.41, 5.74) is 5.01. The first-order valence-electron chi connectivity index (χ1n) is 9.12. The summed E-state index contributed by atoms with van der Waals surface area (Å²) in [4.78, 5) is 27.4. The minimum absolute atomic E-state index is 0. The van der Waals surface area contributed by atoms with Gasteiger partial charge >= 0.3 is 5.97 Å². The Morgan fingerprint density at radius 3 is 2.48 bits per heavy atom. The molecule has 0 fully saturated rings. The molecule has 1 N–H and O–H groups in total. The van der Waals surface area contributed by atoms with Crippen molar-refractivity contribution in [1.29, 1.82) is 0 Å². The molecule has 6 heteroatoms. The minimum atomic E-state index is -0.366. The maximum Gasteiger partial charge on any atom is 0.336 e. The first-order chi connectivity index (χ1) is 12.4. The number of esters is 1. The van der Waals surface area contributed by atoms with Gasteiger partial charge in [0, 0.05) is 49.1 Å². The average molecular weight is 391 g/mol. The number of ether oxygens (including phenoxy) is 1. The zero-order chi connectivity index (χ0) is 18.8. The molecule has 0 amide bonds. The van der Waals surface area contributed by atoms with Gasteiger partial charge in [-0.2, -0.15) is 0 Å². The summed E-state index contributed by atoms with van der Waals surface area (Å²) in [5.74, 6) is -0.604. The number of Topliss-reactive ketones (excluding diaryl/α,β-unsaturated/α-hetero) is 1. The molecule has 5 nitrogen and oxygen atoms in total. The maximum absolute atomic E-state index is 12.7. The topological polar surface area (TPSA) is 58.6 Å². The van der Waals surface area contributed by atoms with E-state index in [-0.39, 0.29) is 30.1 Å². The highest BCUT2D eigenvalue weighted by atomic mass is 35.5. The van der Waals surface area contributed by atoms with Crippen LogP contribution in [0, 0.1) is 0 Å². The Morgan fingerprint density at radius 1 is 1.22 bits per heavy atom. The van der Waals surface area contributed by atoms with Crippen molar-refractivity contribution in [3.05, 3.63) is 52.4 Å². The lowest BCUT2D eigenvalue weighted by Crippen LogP contribution is -2.34. The van der Waals surface area contributed by atoms with Crippen LogP contribution in [0.4, 0.5) is 5.69 Å². The van der Waals surface area contributed by atoms with Gasteiger partial charge in [-0.25, -0.2) is 4.79 Å². The number of nitrogens with zero attached hydrogens (tertiary/aromatic N) is 1. The monoisotopic (exact) mass is 390 g/mol. The second-order valence-electron chi connectivity index (χ2n) is 6.97. The molecule has 1 heterocycles. The van der Waals surface area contributed by atoms with E-state index in [9.17, 15) is 9.59 Å². The predicted molar refractivity (Wildman–Crippen MR) is 109 cm³/mol. The zero-order valence-corrected chi connectivity index (χ0v) is 17.1. The van der Waals surface area contributed by atoms with Gasteiger partial charge in [0.05, 0.1) is 12.2 Å². The number of rotatable bonds is 4. The van der Waals surface area contributed by atoms with Crippen molar-refractivity contribution in [2.75, 3.05) is 25.6 Å². The number of carbonyl (C=O) groups is 2. The third-order valence-electron chi connectivity index (χ3n) is 5.01. The van der Waals surface area contributed by atoms with Gasteiger partial charge in [0.1, 0.15) is 0 Å². The molecule has 146 valence electrons. The summed E-state index contributed by atoms with van der Waals surface area (Å²) in [6, 6.07) is 8.04. The van der Waals surface area contributed by atoms with Gasteiger partial charge in [-0.15, -0.1) is 12.4 Å². The van der Waals surface area contributed by atoms with Crippen LogP contribution in [0.25, 0.3) is 0 Å². The molecule has 1 atom stereocenters. The highest BCUT2D eigenvalue weighted by Gasteiger charge is 2.38. The molecule has 0 aromatic heterocycles. The molecular weight excluding hydrogens is 364 g/mol. The molecule has 1 aliphatic carbocycles. The molecule has 1 aliphatic heterocycles. The van der Waals surface area contributed by atoms with E-state index in [1.165, 1.54) is 0 Å². The zero-order valence-electron chi connectivity index (χ0n) is 16.3. The number of dihydropyridines is 1. The van der Waals surface area contributed by atoms with Crippen LogP contribution in [0.2, 0.25) is 0 Å². The van der Waals surface area contributed by atoms with E-state index >= 15 is 0 Å². The maximum atomic E-state index is 12.7. The van der Waals surface area contributed by atoms with E-state index in [4.69, 9.17) is 4.74 Å². The van der Waals surface area contributed by atoms with Crippen molar-refractivity contribution in [3.8, 4) is 0 Å². The molecule has 27 heavy (non-hydrogen) atoms. The second-order valence-corrected chi connectivity index (χ2v) is 6.97. The van der Waals surface area contributed by atoms with E-state index in [1.54, 1.807) is 6.92 Å². The quantitative estimate of drug-likeness (QED) is 0.794. The van der Waals surface area contributed by atoms with Crippen LogP contribution >= 0.6 is 12.4 Å². The second kappa shape index (κ2) is 8.61. The number of carbonyl (C=O) groups excluding carboxylic acids is 2. The molecule has 1 unspecified atom stereocenters. The molecule has 0 spiro atoms. The standard InChI is InChI=1S/C21H26N2O3.ClH/c1-5-26-21(25)18-13(2)22-16-7-6-8-17(24)20(16)19(18)14-9-11-15(12-10-14)23(3)4;/h9-12,19,22H,5-8H2,1-4H3;1H. The number of halogens is 1. The van der Waals surface area contributed by atoms with Crippen molar-refractivity contribution >= 4 is 29.8 Å². The molecule has 0 radical (unpaired) electrons. The normalized spacial score (nSPS) is 19.1. The number of nitrogens with one attached hydrogen (secondary N) is 1. The lowest BCUT2D eigenvalue weighted by atomic mass is 9.75. The van der Waals surface area contributed by atoms with Gasteiger partial charge in [0.25, 0.3) is 0 Å². The van der Waals surface area contributed by atoms with Crippen molar-refractivity contribution in [2.24, 2.45) is 0 Å². The number of ketones is 1. The Bertz CT molecular complexity index is 794. The molecular formula is C21H27ClN2O3. The van der Waals surface area contributed by atoms with Crippen LogP contribution in [0.5, 0.6) is 0 Å². The van der Waals surface area contributed by atoms with Crippen molar-refractivity contribution in [3.63, 3.8) is 0 Å². The van der Waals surface area contributed by atoms with Crippen molar-refractivity contribution < 1.29 is 14.3 Å². The van der Waals surface area contributed by atoms with Crippen LogP contribution in [0.1, 0.15) is 44.6 Å². The van der Waals surface area contributed by atoms with Crippen LogP contribution in [-0.2, 0) is 14.3 Å². The van der Waals surface area contributed by atoms with E-state index in [1.807, 2.05) is 50.2 Å². The minimum Gasteiger partial charge on any atom is -0.463 e. The van der Waals surface area contributed by atoms with Crippen molar-refractivity contribution in [1.82, 2.24) is 5.32 Å². The molecule has 1 aromatic rings. The van der Waals surface area contributed by atoms with Gasteiger partial charge in [-0.1, -0.05) is 12.1 Å². The summed E-state index contributed by atoms with van der Waals surface area (Å²) in [6.45, 7) is 3.99. The average Bonchev–Trinajstić information content (AvgIpc) is 2.61. The van der Waals surface area contributed by atoms with Gasteiger partial charge in [0.2, 0.25) is 0 Å². The molecule has 2 aliphatic rings. The predicted octanol–water partition coefficient (Wildman–Crippen LogP) is 3.71. The van der Waals surface area contributed by atoms with E-state index < -0.39 is 0 Å². The summed E-state index contributed by atoms with van der Waals surface area (Å²) in [5, 5.41) is 3.30. The number of benzene rings is 1. The fourth-order valence-electron chi connectivity index (χ4n) is 3.76. The van der Waals surface area contributed by atoms with Crippen LogP contribution in [-0.4, -0.2) is 32.5 Å². The molecule has 0 saturated carbocycles. The molecule has 1 aromatic carbocycles. The lowest BCUT2D eigenvalue weighted by molar-refractivity contribution is -0.138. The highest BCUT2D eigenvalue weighted by Crippen LogP contribution is 2.42. The Hall–Kier alpha value is -2.27. The number of allylic oxidation sites excluding steroid dienone is 3.